The number of carbonyl (C=O) groups is 2. The van der Waals surface area contributed by atoms with Gasteiger partial charge in [-0.2, -0.15) is 13.2 Å². The molecular formula is C15H23F3N2O3. The maximum Gasteiger partial charge on any atom is 0.391 e. The van der Waals surface area contributed by atoms with Gasteiger partial charge in [-0.3, -0.25) is 9.59 Å². The Bertz CT molecular complexity index is 461. The molecule has 1 saturated heterocycles. The highest BCUT2D eigenvalue weighted by Crippen LogP contribution is 2.40. The number of nitrogens with zero attached hydrogens (tertiary/aromatic N) is 1. The fraction of sp³-hybridized carbons (Fsp3) is 0.867. The van der Waals surface area contributed by atoms with Gasteiger partial charge in [-0.1, -0.05) is 0 Å². The van der Waals surface area contributed by atoms with Crippen molar-refractivity contribution in [2.45, 2.75) is 56.7 Å². The normalized spacial score (nSPS) is 32.6. The third kappa shape index (κ3) is 4.37. The van der Waals surface area contributed by atoms with Crippen LogP contribution in [0.3, 0.4) is 0 Å². The molecule has 1 saturated carbocycles. The number of aliphatic hydroxyl groups is 1. The van der Waals surface area contributed by atoms with E-state index in [-0.39, 0.29) is 44.1 Å². The molecule has 1 aliphatic carbocycles. The van der Waals surface area contributed by atoms with E-state index in [0.29, 0.717) is 25.8 Å². The van der Waals surface area contributed by atoms with Crippen molar-refractivity contribution >= 4 is 11.8 Å². The molecule has 2 amide bonds. The number of β-amino-alcohol motifs (C(OH)–C–C–N with tert-alkyl or cyclic N) is 1. The van der Waals surface area contributed by atoms with Gasteiger partial charge in [0.25, 0.3) is 5.91 Å². The second-order valence-corrected chi connectivity index (χ2v) is 6.78. The minimum atomic E-state index is -4.15. The van der Waals surface area contributed by atoms with Crippen LogP contribution in [0.1, 0.15) is 44.9 Å². The quantitative estimate of drug-likeness (QED) is 0.821. The van der Waals surface area contributed by atoms with E-state index in [1.165, 1.54) is 4.90 Å². The number of hydrogen-bond acceptors (Lipinski definition) is 3. The summed E-state index contributed by atoms with van der Waals surface area (Å²) < 4.78 is 37.9. The Kier molecular flexibility index (Phi) is 5.23. The molecule has 1 aliphatic heterocycles. The fourth-order valence-corrected chi connectivity index (χ4v) is 3.52. The molecule has 0 aromatic carbocycles. The van der Waals surface area contributed by atoms with Crippen molar-refractivity contribution in [1.82, 2.24) is 4.90 Å². The van der Waals surface area contributed by atoms with E-state index in [4.69, 9.17) is 5.73 Å². The highest BCUT2D eigenvalue weighted by atomic mass is 19.4. The van der Waals surface area contributed by atoms with Crippen molar-refractivity contribution < 1.29 is 27.9 Å². The average Bonchev–Trinajstić information content (AvgIpc) is 2.46. The summed E-state index contributed by atoms with van der Waals surface area (Å²) in [5.74, 6) is -2.39. The van der Waals surface area contributed by atoms with E-state index in [2.05, 4.69) is 0 Å². The number of halogens is 3. The Morgan fingerprint density at radius 2 is 1.83 bits per heavy atom. The van der Waals surface area contributed by atoms with Crippen LogP contribution >= 0.6 is 0 Å². The molecule has 3 N–H and O–H groups in total. The van der Waals surface area contributed by atoms with Crippen molar-refractivity contribution in [2.75, 3.05) is 13.1 Å². The zero-order valence-corrected chi connectivity index (χ0v) is 12.9. The predicted molar refractivity (Wildman–Crippen MR) is 76.1 cm³/mol. The van der Waals surface area contributed by atoms with Crippen LogP contribution in [-0.2, 0) is 9.59 Å². The van der Waals surface area contributed by atoms with Crippen molar-refractivity contribution in [3.8, 4) is 0 Å². The highest BCUT2D eigenvalue weighted by molar-refractivity contribution is 5.85. The average molecular weight is 336 g/mol. The van der Waals surface area contributed by atoms with E-state index in [1.54, 1.807) is 0 Å². The molecule has 5 nitrogen and oxygen atoms in total. The smallest absolute Gasteiger partial charge is 0.378 e. The highest BCUT2D eigenvalue weighted by Gasteiger charge is 2.43. The number of piperidine rings is 1. The van der Waals surface area contributed by atoms with Gasteiger partial charge in [-0.05, 0) is 44.4 Å². The maximum absolute atomic E-state index is 12.6. The van der Waals surface area contributed by atoms with Gasteiger partial charge in [-0.25, -0.2) is 0 Å². The summed E-state index contributed by atoms with van der Waals surface area (Å²) in [5.41, 5.74) is 3.48. The lowest BCUT2D eigenvalue weighted by Crippen LogP contribution is -2.57. The number of hydrogen-bond donors (Lipinski definition) is 2. The topological polar surface area (TPSA) is 83.6 Å². The van der Waals surface area contributed by atoms with Crippen molar-refractivity contribution in [3.63, 3.8) is 0 Å². The molecule has 0 aromatic heterocycles. The van der Waals surface area contributed by atoms with Gasteiger partial charge in [0.1, 0.15) is 0 Å². The summed E-state index contributed by atoms with van der Waals surface area (Å²) in [6.07, 6.45) is -2.40. The van der Waals surface area contributed by atoms with Gasteiger partial charge < -0.3 is 15.7 Å². The van der Waals surface area contributed by atoms with E-state index in [1.807, 2.05) is 0 Å². The molecule has 0 aromatic rings. The van der Waals surface area contributed by atoms with Gasteiger partial charge in [0.2, 0.25) is 5.91 Å². The van der Waals surface area contributed by atoms with E-state index >= 15 is 0 Å². The number of amides is 2. The van der Waals surface area contributed by atoms with E-state index in [0.717, 1.165) is 0 Å². The molecule has 2 rings (SSSR count). The second-order valence-electron chi connectivity index (χ2n) is 6.78. The molecule has 8 heteroatoms. The van der Waals surface area contributed by atoms with Crippen molar-refractivity contribution in [2.24, 2.45) is 17.6 Å². The molecule has 1 atom stereocenters. The van der Waals surface area contributed by atoms with Gasteiger partial charge in [0.05, 0.1) is 12.5 Å². The maximum atomic E-state index is 12.6. The summed E-state index contributed by atoms with van der Waals surface area (Å²) >= 11 is 0. The summed E-state index contributed by atoms with van der Waals surface area (Å²) in [6.45, 7) is 0.311. The van der Waals surface area contributed by atoms with Gasteiger partial charge >= 0.3 is 6.18 Å². The first-order valence-corrected chi connectivity index (χ1v) is 7.98. The van der Waals surface area contributed by atoms with Crippen molar-refractivity contribution in [1.29, 1.82) is 0 Å². The number of rotatable bonds is 3. The lowest BCUT2D eigenvalue weighted by atomic mass is 9.80. The Labute approximate surface area is 133 Å². The van der Waals surface area contributed by atoms with Crippen LogP contribution in [0.25, 0.3) is 0 Å². The SMILES string of the molecule is NC(=O)[C@@]1(O)CCCN(C(=O)CC2CCC(C(F)(F)F)CC2)C1. The van der Waals surface area contributed by atoms with Gasteiger partial charge in [0, 0.05) is 13.0 Å². The fourth-order valence-electron chi connectivity index (χ4n) is 3.52. The Hall–Kier alpha value is -1.31. The molecule has 132 valence electrons. The molecule has 2 aliphatic rings. The van der Waals surface area contributed by atoms with E-state index in [9.17, 15) is 27.9 Å². The van der Waals surface area contributed by atoms with Crippen LogP contribution < -0.4 is 5.73 Å². The van der Waals surface area contributed by atoms with Crippen LogP contribution in [0.4, 0.5) is 13.2 Å². The Morgan fingerprint density at radius 1 is 1.22 bits per heavy atom. The van der Waals surface area contributed by atoms with Crippen LogP contribution in [0.5, 0.6) is 0 Å². The number of nitrogens with two attached hydrogens (primary N) is 1. The first-order chi connectivity index (χ1) is 10.6. The Morgan fingerprint density at radius 3 is 2.35 bits per heavy atom. The van der Waals surface area contributed by atoms with Crippen LogP contribution in [0.2, 0.25) is 0 Å². The zero-order valence-electron chi connectivity index (χ0n) is 12.9. The van der Waals surface area contributed by atoms with Crippen LogP contribution in [0.15, 0.2) is 0 Å². The van der Waals surface area contributed by atoms with Crippen molar-refractivity contribution in [3.05, 3.63) is 0 Å². The first kappa shape index (κ1) is 18.0. The third-order valence-electron chi connectivity index (χ3n) is 5.06. The van der Waals surface area contributed by atoms with Gasteiger partial charge in [0.15, 0.2) is 5.60 Å². The molecule has 0 radical (unpaired) electrons. The van der Waals surface area contributed by atoms with Crippen LogP contribution in [-0.4, -0.2) is 46.7 Å². The third-order valence-corrected chi connectivity index (χ3v) is 5.06. The molecule has 2 fully saturated rings. The second kappa shape index (κ2) is 6.67. The summed E-state index contributed by atoms with van der Waals surface area (Å²) in [5, 5.41) is 10.1. The summed E-state index contributed by atoms with van der Waals surface area (Å²) in [6, 6.07) is 0. The lowest BCUT2D eigenvalue weighted by molar-refractivity contribution is -0.184. The zero-order chi connectivity index (χ0) is 17.3. The standard InChI is InChI=1S/C15H23F3N2O3/c16-15(17,18)11-4-2-10(3-5-11)8-12(21)20-7-1-6-14(23,9-20)13(19)22/h10-11,23H,1-9H2,(H2,19,22)/t10?,11?,14-/m1/s1. The molecular weight excluding hydrogens is 313 g/mol. The lowest BCUT2D eigenvalue weighted by Gasteiger charge is -2.38. The molecule has 0 bridgehead atoms. The largest absolute Gasteiger partial charge is 0.391 e. The minimum Gasteiger partial charge on any atom is -0.378 e. The molecule has 0 spiro atoms. The minimum absolute atomic E-state index is 0.0622. The number of carbonyl (C=O) groups excluding carboxylic acids is 2. The molecule has 1 heterocycles. The predicted octanol–water partition coefficient (Wildman–Crippen LogP) is 1.58. The molecule has 0 unspecified atom stereocenters. The Balaban J connectivity index is 1.85. The number of primary amides is 1. The van der Waals surface area contributed by atoms with E-state index < -0.39 is 23.6 Å². The van der Waals surface area contributed by atoms with Crippen LogP contribution in [0, 0.1) is 11.8 Å². The first-order valence-electron chi connectivity index (χ1n) is 7.98. The van der Waals surface area contributed by atoms with Gasteiger partial charge in [-0.15, -0.1) is 0 Å². The summed E-state index contributed by atoms with van der Waals surface area (Å²) in [4.78, 5) is 25.0. The summed E-state index contributed by atoms with van der Waals surface area (Å²) in [7, 11) is 0. The number of alkyl halides is 3. The molecule has 23 heavy (non-hydrogen) atoms. The number of likely N-dealkylation sites (tertiary alicyclic amines) is 1. The monoisotopic (exact) mass is 336 g/mol.